The van der Waals surface area contributed by atoms with E-state index >= 15 is 0 Å². The molecule has 4 heteroatoms. The maximum absolute atomic E-state index is 12.2. The van der Waals surface area contributed by atoms with Gasteiger partial charge < -0.3 is 15.1 Å². The first-order valence-electron chi connectivity index (χ1n) is 7.52. The van der Waals surface area contributed by atoms with E-state index in [9.17, 15) is 4.79 Å². The fourth-order valence-electron chi connectivity index (χ4n) is 2.52. The van der Waals surface area contributed by atoms with Crippen LogP contribution in [0.2, 0.25) is 0 Å². The Labute approximate surface area is 121 Å². The van der Waals surface area contributed by atoms with Crippen molar-refractivity contribution in [2.75, 3.05) is 39.8 Å². The lowest BCUT2D eigenvalue weighted by atomic mass is 10.1. The van der Waals surface area contributed by atoms with Gasteiger partial charge in [-0.2, -0.15) is 0 Å². The number of urea groups is 1. The molecule has 2 amide bonds. The van der Waals surface area contributed by atoms with E-state index in [-0.39, 0.29) is 6.03 Å². The highest BCUT2D eigenvalue weighted by atomic mass is 16.2. The SMILES string of the molecule is CN(CCCCc1ccccc1)C(=O)N1CCNCC1. The predicted octanol–water partition coefficient (Wildman–Crippen LogP) is 1.97. The number of hydrogen-bond acceptors (Lipinski definition) is 2. The molecule has 0 aromatic heterocycles. The molecule has 0 atom stereocenters. The van der Waals surface area contributed by atoms with Crippen molar-refractivity contribution in [3.63, 3.8) is 0 Å². The van der Waals surface area contributed by atoms with E-state index in [1.54, 1.807) is 0 Å². The van der Waals surface area contributed by atoms with Crippen molar-refractivity contribution in [3.8, 4) is 0 Å². The molecule has 110 valence electrons. The lowest BCUT2D eigenvalue weighted by molar-refractivity contribution is 0.155. The Balaban J connectivity index is 1.64. The molecule has 0 saturated carbocycles. The van der Waals surface area contributed by atoms with Crippen molar-refractivity contribution in [1.29, 1.82) is 0 Å². The van der Waals surface area contributed by atoms with E-state index in [0.29, 0.717) is 0 Å². The quantitative estimate of drug-likeness (QED) is 0.834. The van der Waals surface area contributed by atoms with Gasteiger partial charge in [0, 0.05) is 39.8 Å². The van der Waals surface area contributed by atoms with Gasteiger partial charge in [-0.05, 0) is 24.8 Å². The molecule has 1 heterocycles. The van der Waals surface area contributed by atoms with Crippen molar-refractivity contribution in [2.24, 2.45) is 0 Å². The number of amides is 2. The Bertz CT molecular complexity index is 401. The normalized spacial score (nSPS) is 15.2. The van der Waals surface area contributed by atoms with E-state index < -0.39 is 0 Å². The molecule has 1 fully saturated rings. The summed E-state index contributed by atoms with van der Waals surface area (Å²) < 4.78 is 0. The summed E-state index contributed by atoms with van der Waals surface area (Å²) in [5.41, 5.74) is 1.38. The van der Waals surface area contributed by atoms with E-state index in [2.05, 4.69) is 29.6 Å². The highest BCUT2D eigenvalue weighted by Crippen LogP contribution is 2.06. The molecule has 0 bridgehead atoms. The molecule has 1 aliphatic heterocycles. The number of nitrogens with zero attached hydrogens (tertiary/aromatic N) is 2. The first-order chi connectivity index (χ1) is 9.77. The Morgan fingerprint density at radius 2 is 1.90 bits per heavy atom. The molecule has 1 N–H and O–H groups in total. The molecule has 1 saturated heterocycles. The number of piperazine rings is 1. The average molecular weight is 275 g/mol. The molecule has 1 aliphatic rings. The maximum atomic E-state index is 12.2. The number of unbranched alkanes of at least 4 members (excludes halogenated alkanes) is 1. The monoisotopic (exact) mass is 275 g/mol. The fourth-order valence-corrected chi connectivity index (χ4v) is 2.52. The molecular formula is C16H25N3O. The van der Waals surface area contributed by atoms with E-state index in [0.717, 1.165) is 52.0 Å². The largest absolute Gasteiger partial charge is 0.328 e. The summed E-state index contributed by atoms with van der Waals surface area (Å²) in [5.74, 6) is 0. The molecule has 0 spiro atoms. The number of hydrogen-bond donors (Lipinski definition) is 1. The number of benzene rings is 1. The minimum atomic E-state index is 0.172. The van der Waals surface area contributed by atoms with Crippen LogP contribution in [0.1, 0.15) is 18.4 Å². The van der Waals surface area contributed by atoms with Gasteiger partial charge in [0.2, 0.25) is 0 Å². The van der Waals surface area contributed by atoms with E-state index in [1.165, 1.54) is 5.56 Å². The van der Waals surface area contributed by atoms with E-state index in [4.69, 9.17) is 0 Å². The zero-order chi connectivity index (χ0) is 14.2. The van der Waals surface area contributed by atoms with Gasteiger partial charge in [0.05, 0.1) is 0 Å². The van der Waals surface area contributed by atoms with E-state index in [1.807, 2.05) is 22.9 Å². The van der Waals surface area contributed by atoms with Crippen LogP contribution in [-0.4, -0.2) is 55.6 Å². The summed E-state index contributed by atoms with van der Waals surface area (Å²) >= 11 is 0. The summed E-state index contributed by atoms with van der Waals surface area (Å²) in [7, 11) is 1.91. The third-order valence-corrected chi connectivity index (χ3v) is 3.77. The summed E-state index contributed by atoms with van der Waals surface area (Å²) in [4.78, 5) is 16.0. The first kappa shape index (κ1) is 14.9. The average Bonchev–Trinajstić information content (AvgIpc) is 2.52. The minimum Gasteiger partial charge on any atom is -0.328 e. The van der Waals surface area contributed by atoms with Crippen molar-refractivity contribution >= 4 is 6.03 Å². The van der Waals surface area contributed by atoms with Crippen LogP contribution in [0.5, 0.6) is 0 Å². The smallest absolute Gasteiger partial charge is 0.319 e. The van der Waals surface area contributed by atoms with Crippen molar-refractivity contribution in [1.82, 2.24) is 15.1 Å². The molecule has 0 aliphatic carbocycles. The zero-order valence-corrected chi connectivity index (χ0v) is 12.3. The third kappa shape index (κ3) is 4.53. The molecule has 1 aromatic carbocycles. The highest BCUT2D eigenvalue weighted by Gasteiger charge is 2.19. The fraction of sp³-hybridized carbons (Fsp3) is 0.562. The maximum Gasteiger partial charge on any atom is 0.319 e. The van der Waals surface area contributed by atoms with Gasteiger partial charge in [0.15, 0.2) is 0 Å². The number of carbonyl (C=O) groups excluding carboxylic acids is 1. The number of carbonyl (C=O) groups is 1. The Morgan fingerprint density at radius 3 is 2.60 bits per heavy atom. The van der Waals surface area contributed by atoms with Gasteiger partial charge in [0.1, 0.15) is 0 Å². The number of rotatable bonds is 5. The molecule has 20 heavy (non-hydrogen) atoms. The van der Waals surface area contributed by atoms with Crippen molar-refractivity contribution in [2.45, 2.75) is 19.3 Å². The molecular weight excluding hydrogens is 250 g/mol. The first-order valence-corrected chi connectivity index (χ1v) is 7.52. The van der Waals surface area contributed by atoms with Crippen LogP contribution in [0.4, 0.5) is 4.79 Å². The van der Waals surface area contributed by atoms with Crippen LogP contribution in [0.3, 0.4) is 0 Å². The topological polar surface area (TPSA) is 35.6 Å². The van der Waals surface area contributed by atoms with Crippen LogP contribution in [0.15, 0.2) is 30.3 Å². The predicted molar refractivity (Wildman–Crippen MR) is 81.8 cm³/mol. The lowest BCUT2D eigenvalue weighted by Crippen LogP contribution is -2.50. The Hall–Kier alpha value is -1.55. The van der Waals surface area contributed by atoms with Crippen LogP contribution in [-0.2, 0) is 6.42 Å². The molecule has 0 radical (unpaired) electrons. The molecule has 4 nitrogen and oxygen atoms in total. The van der Waals surface area contributed by atoms with Crippen molar-refractivity contribution in [3.05, 3.63) is 35.9 Å². The molecule has 0 unspecified atom stereocenters. The summed E-state index contributed by atoms with van der Waals surface area (Å²) in [6.45, 7) is 4.32. The molecule has 1 aromatic rings. The second-order valence-corrected chi connectivity index (χ2v) is 5.38. The highest BCUT2D eigenvalue weighted by molar-refractivity contribution is 5.74. The van der Waals surface area contributed by atoms with Crippen LogP contribution < -0.4 is 5.32 Å². The zero-order valence-electron chi connectivity index (χ0n) is 12.3. The van der Waals surface area contributed by atoms with Crippen LogP contribution >= 0.6 is 0 Å². The second kappa shape index (κ2) is 7.90. The standard InChI is InChI=1S/C16H25N3O/c1-18(16(20)19-13-10-17-11-14-19)12-6-5-9-15-7-3-2-4-8-15/h2-4,7-8,17H,5-6,9-14H2,1H3. The van der Waals surface area contributed by atoms with Gasteiger partial charge >= 0.3 is 6.03 Å². The second-order valence-electron chi connectivity index (χ2n) is 5.38. The molecule has 2 rings (SSSR count). The van der Waals surface area contributed by atoms with Crippen LogP contribution in [0.25, 0.3) is 0 Å². The third-order valence-electron chi connectivity index (χ3n) is 3.77. The van der Waals surface area contributed by atoms with Gasteiger partial charge in [-0.25, -0.2) is 4.79 Å². The van der Waals surface area contributed by atoms with Crippen molar-refractivity contribution < 1.29 is 4.79 Å². The number of nitrogens with one attached hydrogen (secondary N) is 1. The lowest BCUT2D eigenvalue weighted by Gasteiger charge is -2.31. The van der Waals surface area contributed by atoms with Gasteiger partial charge in [-0.1, -0.05) is 30.3 Å². The summed E-state index contributed by atoms with van der Waals surface area (Å²) in [5, 5.41) is 3.27. The Kier molecular flexibility index (Phi) is 5.87. The summed E-state index contributed by atoms with van der Waals surface area (Å²) in [6.07, 6.45) is 3.28. The van der Waals surface area contributed by atoms with Gasteiger partial charge in [0.25, 0.3) is 0 Å². The minimum absolute atomic E-state index is 0.172. The van der Waals surface area contributed by atoms with Crippen LogP contribution in [0, 0.1) is 0 Å². The summed E-state index contributed by atoms with van der Waals surface area (Å²) in [6, 6.07) is 10.7. The van der Waals surface area contributed by atoms with Gasteiger partial charge in [-0.3, -0.25) is 0 Å². The Morgan fingerprint density at radius 1 is 1.20 bits per heavy atom. The van der Waals surface area contributed by atoms with Gasteiger partial charge in [-0.15, -0.1) is 0 Å². The number of aryl methyl sites for hydroxylation is 1.